The molecule has 0 N–H and O–H groups in total. The molecule has 5 aromatic carbocycles. The van der Waals surface area contributed by atoms with Gasteiger partial charge in [-0.3, -0.25) is 8.80 Å². The molecule has 0 amide bonds. The van der Waals surface area contributed by atoms with Crippen molar-refractivity contribution in [3.63, 3.8) is 0 Å². The number of hydrogen-bond acceptors (Lipinski definition) is 2. The zero-order valence-electron chi connectivity index (χ0n) is 24.4. The highest BCUT2D eigenvalue weighted by atomic mass is 15.3. The number of imidazole rings is 4. The molecule has 0 spiro atoms. The van der Waals surface area contributed by atoms with Gasteiger partial charge in [0.15, 0.2) is 0 Å². The molecule has 5 heteroatoms. The molecule has 0 aliphatic heterocycles. The number of nitrogens with zero attached hydrogens (tertiary/aromatic N) is 5. The Hall–Kier alpha value is -5.16. The Bertz CT molecular complexity index is 2730. The molecule has 0 unspecified atom stereocenters. The second-order valence-electron chi connectivity index (χ2n) is 13.6. The van der Waals surface area contributed by atoms with Crippen molar-refractivity contribution in [2.75, 3.05) is 0 Å². The fourth-order valence-corrected chi connectivity index (χ4v) is 8.83. The summed E-state index contributed by atoms with van der Waals surface area (Å²) in [5.41, 5.74) is 18.4. The van der Waals surface area contributed by atoms with Crippen molar-refractivity contribution in [1.82, 2.24) is 23.2 Å². The Morgan fingerprint density at radius 2 is 1.12 bits per heavy atom. The van der Waals surface area contributed by atoms with Crippen LogP contribution >= 0.6 is 0 Å². The minimum absolute atomic E-state index is 0.0659. The Morgan fingerprint density at radius 1 is 0.465 bits per heavy atom. The van der Waals surface area contributed by atoms with E-state index >= 15 is 0 Å². The number of fused-ring (bicyclic) bond motifs is 17. The molecule has 4 aromatic heterocycles. The van der Waals surface area contributed by atoms with Crippen LogP contribution in [-0.2, 0) is 10.8 Å². The Balaban J connectivity index is 1.29. The quantitative estimate of drug-likeness (QED) is 0.188. The maximum Gasteiger partial charge on any atom is 0.223 e. The van der Waals surface area contributed by atoms with Gasteiger partial charge in [0.05, 0.1) is 33.1 Å². The van der Waals surface area contributed by atoms with Crippen LogP contribution in [0.5, 0.6) is 0 Å². The molecule has 0 atom stereocenters. The van der Waals surface area contributed by atoms with E-state index in [0.29, 0.717) is 0 Å². The predicted molar refractivity (Wildman–Crippen MR) is 174 cm³/mol. The lowest BCUT2D eigenvalue weighted by Gasteiger charge is -2.22. The van der Waals surface area contributed by atoms with E-state index in [1.165, 1.54) is 61.1 Å². The molecule has 4 heterocycles. The molecule has 43 heavy (non-hydrogen) atoms. The molecular formula is C38H27N5. The zero-order chi connectivity index (χ0) is 28.6. The van der Waals surface area contributed by atoms with Crippen molar-refractivity contribution < 1.29 is 0 Å². The van der Waals surface area contributed by atoms with E-state index < -0.39 is 0 Å². The van der Waals surface area contributed by atoms with Gasteiger partial charge in [0.2, 0.25) is 11.6 Å². The summed E-state index contributed by atoms with van der Waals surface area (Å²) in [6.45, 7) is 9.39. The first-order valence-corrected chi connectivity index (χ1v) is 15.1. The number of rotatable bonds is 0. The molecule has 11 rings (SSSR count). The standard InChI is InChI=1S/C38H27N5/c1-37(2)24-12-7-6-11-21(24)23-18-28-31(19-26(23)37)41-29-14-9-15-30-34(29)43(35(41)40-28)36-39-27-17-16-22-20-10-5-8-13-25(20)38(3,4)32(22)33(27)42(30)36/h5-19H,1-4H3. The van der Waals surface area contributed by atoms with Gasteiger partial charge in [-0.15, -0.1) is 0 Å². The summed E-state index contributed by atoms with van der Waals surface area (Å²) < 4.78 is 7.03. The SMILES string of the molecule is CC1(C)c2ccccc2-c2cc3nc4n(c3cc21)c1cccc2c1n4c1nc3ccc4c(c3n21)C(C)(C)c1ccccc1-4. The molecule has 0 radical (unpaired) electrons. The monoisotopic (exact) mass is 553 g/mol. The van der Waals surface area contributed by atoms with Crippen LogP contribution in [0.15, 0.2) is 91.0 Å². The molecule has 2 aliphatic carbocycles. The molecule has 0 bridgehead atoms. The summed E-state index contributed by atoms with van der Waals surface area (Å²) in [5, 5.41) is 0. The van der Waals surface area contributed by atoms with E-state index in [-0.39, 0.29) is 10.8 Å². The minimum Gasteiger partial charge on any atom is -0.276 e. The van der Waals surface area contributed by atoms with Crippen LogP contribution in [0.1, 0.15) is 49.9 Å². The van der Waals surface area contributed by atoms with Gasteiger partial charge in [-0.05, 0) is 74.8 Å². The van der Waals surface area contributed by atoms with Gasteiger partial charge in [0, 0.05) is 10.8 Å². The third-order valence-corrected chi connectivity index (χ3v) is 10.8. The van der Waals surface area contributed by atoms with Crippen LogP contribution in [0, 0.1) is 0 Å². The average molecular weight is 554 g/mol. The number of benzene rings is 5. The second-order valence-corrected chi connectivity index (χ2v) is 13.6. The van der Waals surface area contributed by atoms with E-state index in [1.807, 2.05) is 0 Å². The Labute approximate surface area is 247 Å². The van der Waals surface area contributed by atoms with Crippen LogP contribution in [0.3, 0.4) is 0 Å². The van der Waals surface area contributed by atoms with Crippen molar-refractivity contribution in [3.05, 3.63) is 113 Å². The molecular weight excluding hydrogens is 526 g/mol. The summed E-state index contributed by atoms with van der Waals surface area (Å²) in [6.07, 6.45) is 0. The highest BCUT2D eigenvalue weighted by Gasteiger charge is 2.39. The van der Waals surface area contributed by atoms with Gasteiger partial charge >= 0.3 is 0 Å². The first kappa shape index (κ1) is 22.4. The van der Waals surface area contributed by atoms with Gasteiger partial charge < -0.3 is 0 Å². The maximum atomic E-state index is 5.33. The summed E-state index contributed by atoms with van der Waals surface area (Å²) in [6, 6.07) is 33.5. The predicted octanol–water partition coefficient (Wildman–Crippen LogP) is 8.74. The molecule has 9 aromatic rings. The number of para-hydroxylation sites is 1. The van der Waals surface area contributed by atoms with Gasteiger partial charge in [-0.2, -0.15) is 0 Å². The maximum absolute atomic E-state index is 5.33. The highest BCUT2D eigenvalue weighted by molar-refractivity contribution is 6.06. The van der Waals surface area contributed by atoms with Gasteiger partial charge in [0.25, 0.3) is 0 Å². The van der Waals surface area contributed by atoms with Crippen LogP contribution in [-0.4, -0.2) is 23.2 Å². The van der Waals surface area contributed by atoms with Gasteiger partial charge in [-0.25, -0.2) is 14.4 Å². The fourth-order valence-electron chi connectivity index (χ4n) is 8.83. The van der Waals surface area contributed by atoms with Crippen molar-refractivity contribution in [2.45, 2.75) is 38.5 Å². The number of hydrogen-bond donors (Lipinski definition) is 0. The summed E-state index contributed by atoms with van der Waals surface area (Å²) in [7, 11) is 0. The molecule has 0 fully saturated rings. The Kier molecular flexibility index (Phi) is 3.51. The van der Waals surface area contributed by atoms with E-state index in [4.69, 9.17) is 9.97 Å². The third-order valence-electron chi connectivity index (χ3n) is 10.8. The Morgan fingerprint density at radius 3 is 1.91 bits per heavy atom. The number of aromatic nitrogens is 5. The van der Waals surface area contributed by atoms with Crippen molar-refractivity contribution >= 4 is 50.2 Å². The first-order valence-electron chi connectivity index (χ1n) is 15.1. The van der Waals surface area contributed by atoms with Crippen LogP contribution in [0.25, 0.3) is 72.4 Å². The van der Waals surface area contributed by atoms with E-state index in [1.54, 1.807) is 0 Å². The lowest BCUT2D eigenvalue weighted by Crippen LogP contribution is -2.16. The summed E-state index contributed by atoms with van der Waals surface area (Å²) in [5.74, 6) is 1.84. The van der Waals surface area contributed by atoms with Crippen LogP contribution in [0.2, 0.25) is 0 Å². The fraction of sp³-hybridized carbons (Fsp3) is 0.158. The summed E-state index contributed by atoms with van der Waals surface area (Å²) in [4.78, 5) is 10.6. The molecule has 0 saturated carbocycles. The molecule has 2 aliphatic rings. The lowest BCUT2D eigenvalue weighted by molar-refractivity contribution is 0.661. The van der Waals surface area contributed by atoms with Gasteiger partial charge in [0.1, 0.15) is 5.52 Å². The summed E-state index contributed by atoms with van der Waals surface area (Å²) >= 11 is 0. The average Bonchev–Trinajstić information content (AvgIpc) is 3.80. The van der Waals surface area contributed by atoms with E-state index in [2.05, 4.69) is 132 Å². The lowest BCUT2D eigenvalue weighted by atomic mass is 9.82. The third kappa shape index (κ3) is 2.29. The van der Waals surface area contributed by atoms with Gasteiger partial charge in [-0.1, -0.05) is 88.4 Å². The first-order chi connectivity index (χ1) is 20.9. The molecule has 0 saturated heterocycles. The molecule has 204 valence electrons. The minimum atomic E-state index is -0.131. The van der Waals surface area contributed by atoms with Crippen molar-refractivity contribution in [2.24, 2.45) is 0 Å². The van der Waals surface area contributed by atoms with E-state index in [0.717, 1.165) is 33.6 Å². The smallest absolute Gasteiger partial charge is 0.223 e. The van der Waals surface area contributed by atoms with Crippen LogP contribution < -0.4 is 0 Å². The van der Waals surface area contributed by atoms with Crippen LogP contribution in [0.4, 0.5) is 0 Å². The van der Waals surface area contributed by atoms with E-state index in [9.17, 15) is 0 Å². The second kappa shape index (κ2) is 6.73. The largest absolute Gasteiger partial charge is 0.276 e. The molecule has 5 nitrogen and oxygen atoms in total. The van der Waals surface area contributed by atoms with Crippen molar-refractivity contribution in [1.29, 1.82) is 0 Å². The topological polar surface area (TPSA) is 39.0 Å². The highest BCUT2D eigenvalue weighted by Crippen LogP contribution is 2.52. The van der Waals surface area contributed by atoms with Crippen molar-refractivity contribution in [3.8, 4) is 22.3 Å². The zero-order valence-corrected chi connectivity index (χ0v) is 24.4. The normalized spacial score (nSPS) is 16.3.